The van der Waals surface area contributed by atoms with Crippen molar-refractivity contribution in [3.63, 3.8) is 0 Å². The van der Waals surface area contributed by atoms with Gasteiger partial charge in [0.05, 0.1) is 26.2 Å². The molecule has 1 aliphatic heterocycles. The van der Waals surface area contributed by atoms with E-state index >= 15 is 0 Å². The SMILES string of the molecule is CCC[C@H](C)NC(=O)C[NH+]1CCN(c2cccc(C)c2C)CC1. The first-order valence-electron chi connectivity index (χ1n) is 8.95. The first kappa shape index (κ1) is 17.8. The van der Waals surface area contributed by atoms with Crippen LogP contribution in [0.25, 0.3) is 0 Å². The van der Waals surface area contributed by atoms with E-state index in [0.29, 0.717) is 12.6 Å². The summed E-state index contributed by atoms with van der Waals surface area (Å²) in [5.74, 6) is 0.195. The number of nitrogens with zero attached hydrogens (tertiary/aromatic N) is 1. The van der Waals surface area contributed by atoms with E-state index in [-0.39, 0.29) is 5.91 Å². The molecule has 4 heteroatoms. The summed E-state index contributed by atoms with van der Waals surface area (Å²) in [5, 5.41) is 3.11. The molecule has 1 amide bonds. The predicted octanol–water partition coefficient (Wildman–Crippen LogP) is 1.31. The molecule has 1 fully saturated rings. The van der Waals surface area contributed by atoms with Gasteiger partial charge in [0.25, 0.3) is 5.91 Å². The van der Waals surface area contributed by atoms with Gasteiger partial charge in [0, 0.05) is 11.7 Å². The second-order valence-electron chi connectivity index (χ2n) is 6.89. The third kappa shape index (κ3) is 4.96. The molecule has 4 nitrogen and oxygen atoms in total. The summed E-state index contributed by atoms with van der Waals surface area (Å²) in [5.41, 5.74) is 4.08. The minimum Gasteiger partial charge on any atom is -0.360 e. The highest BCUT2D eigenvalue weighted by atomic mass is 16.2. The molecule has 0 saturated carbocycles. The molecule has 0 aromatic heterocycles. The molecule has 0 unspecified atom stereocenters. The fraction of sp³-hybridized carbons (Fsp3) is 0.632. The van der Waals surface area contributed by atoms with Gasteiger partial charge in [-0.25, -0.2) is 0 Å². The number of quaternary nitrogens is 1. The lowest BCUT2D eigenvalue weighted by Gasteiger charge is -2.34. The minimum atomic E-state index is 0.195. The van der Waals surface area contributed by atoms with E-state index < -0.39 is 0 Å². The Kier molecular flexibility index (Phi) is 6.46. The highest BCUT2D eigenvalue weighted by Crippen LogP contribution is 2.22. The van der Waals surface area contributed by atoms with Crippen molar-refractivity contribution in [2.75, 3.05) is 37.6 Å². The lowest BCUT2D eigenvalue weighted by Crippen LogP contribution is -3.16. The van der Waals surface area contributed by atoms with Crippen molar-refractivity contribution in [2.24, 2.45) is 0 Å². The first-order chi connectivity index (χ1) is 11.0. The Balaban J connectivity index is 1.82. The molecule has 128 valence electrons. The van der Waals surface area contributed by atoms with Crippen molar-refractivity contribution in [1.29, 1.82) is 0 Å². The number of hydrogen-bond donors (Lipinski definition) is 2. The molecule has 2 rings (SSSR count). The van der Waals surface area contributed by atoms with Crippen molar-refractivity contribution in [2.45, 2.75) is 46.6 Å². The molecule has 1 aromatic rings. The van der Waals surface area contributed by atoms with E-state index in [9.17, 15) is 4.79 Å². The van der Waals surface area contributed by atoms with E-state index in [1.165, 1.54) is 21.7 Å². The smallest absolute Gasteiger partial charge is 0.275 e. The number of aryl methyl sites for hydroxylation is 1. The number of benzene rings is 1. The molecule has 1 aromatic carbocycles. The van der Waals surface area contributed by atoms with E-state index in [4.69, 9.17) is 0 Å². The van der Waals surface area contributed by atoms with E-state index in [2.05, 4.69) is 56.1 Å². The Morgan fingerprint density at radius 2 is 2.00 bits per heavy atom. The van der Waals surface area contributed by atoms with Crippen LogP contribution in [0.3, 0.4) is 0 Å². The van der Waals surface area contributed by atoms with Crippen LogP contribution in [-0.2, 0) is 4.79 Å². The van der Waals surface area contributed by atoms with Gasteiger partial charge in [-0.15, -0.1) is 0 Å². The number of anilines is 1. The fourth-order valence-electron chi connectivity index (χ4n) is 3.38. The number of nitrogens with one attached hydrogen (secondary N) is 2. The molecular formula is C19H32N3O+. The van der Waals surface area contributed by atoms with Crippen LogP contribution in [0, 0.1) is 13.8 Å². The van der Waals surface area contributed by atoms with Gasteiger partial charge in [-0.2, -0.15) is 0 Å². The number of hydrogen-bond acceptors (Lipinski definition) is 2. The molecule has 0 radical (unpaired) electrons. The van der Waals surface area contributed by atoms with Crippen molar-refractivity contribution in [1.82, 2.24) is 5.32 Å². The molecule has 1 aliphatic rings. The third-order valence-electron chi connectivity index (χ3n) is 4.93. The minimum absolute atomic E-state index is 0.195. The molecule has 1 heterocycles. The molecule has 1 atom stereocenters. The Morgan fingerprint density at radius 3 is 2.65 bits per heavy atom. The standard InChI is InChI=1S/C19H31N3O/c1-5-7-16(3)20-19(23)14-21-10-12-22(13-11-21)18-9-6-8-15(2)17(18)4/h6,8-9,16H,5,7,10-14H2,1-4H3,(H,20,23)/p+1/t16-/m0/s1. The van der Waals surface area contributed by atoms with Gasteiger partial charge in [-0.3, -0.25) is 4.79 Å². The summed E-state index contributed by atoms with van der Waals surface area (Å²) in [6.07, 6.45) is 2.17. The van der Waals surface area contributed by atoms with Gasteiger partial charge >= 0.3 is 0 Å². The molecular weight excluding hydrogens is 286 g/mol. The monoisotopic (exact) mass is 318 g/mol. The van der Waals surface area contributed by atoms with Crippen LogP contribution in [0.2, 0.25) is 0 Å². The van der Waals surface area contributed by atoms with Crippen LogP contribution < -0.4 is 15.1 Å². The van der Waals surface area contributed by atoms with Gasteiger partial charge in [0.15, 0.2) is 6.54 Å². The fourth-order valence-corrected chi connectivity index (χ4v) is 3.38. The number of carbonyl (C=O) groups excluding carboxylic acids is 1. The summed E-state index contributed by atoms with van der Waals surface area (Å²) < 4.78 is 0. The normalized spacial score (nSPS) is 17.1. The van der Waals surface area contributed by atoms with E-state index in [1.54, 1.807) is 0 Å². The zero-order valence-corrected chi connectivity index (χ0v) is 15.1. The second-order valence-corrected chi connectivity index (χ2v) is 6.89. The van der Waals surface area contributed by atoms with E-state index in [1.807, 2.05) is 0 Å². The van der Waals surface area contributed by atoms with Gasteiger partial charge < -0.3 is 15.1 Å². The predicted molar refractivity (Wildman–Crippen MR) is 96.2 cm³/mol. The van der Waals surface area contributed by atoms with Crippen molar-refractivity contribution < 1.29 is 9.69 Å². The molecule has 0 spiro atoms. The van der Waals surface area contributed by atoms with Gasteiger partial charge in [-0.1, -0.05) is 25.5 Å². The Hall–Kier alpha value is -1.55. The van der Waals surface area contributed by atoms with Crippen LogP contribution in [-0.4, -0.2) is 44.7 Å². The van der Waals surface area contributed by atoms with Crippen LogP contribution in [0.1, 0.15) is 37.8 Å². The average molecular weight is 318 g/mol. The summed E-state index contributed by atoms with van der Waals surface area (Å²) >= 11 is 0. The highest BCUT2D eigenvalue weighted by Gasteiger charge is 2.23. The van der Waals surface area contributed by atoms with E-state index in [0.717, 1.165) is 39.0 Å². The largest absolute Gasteiger partial charge is 0.360 e. The summed E-state index contributed by atoms with van der Waals surface area (Å²) in [7, 11) is 0. The maximum absolute atomic E-state index is 12.1. The third-order valence-corrected chi connectivity index (χ3v) is 4.93. The van der Waals surface area contributed by atoms with Crippen molar-refractivity contribution in [3.8, 4) is 0 Å². The topological polar surface area (TPSA) is 36.8 Å². The molecule has 1 saturated heterocycles. The lowest BCUT2D eigenvalue weighted by atomic mass is 10.1. The number of amides is 1. The number of carbonyl (C=O) groups is 1. The second kappa shape index (κ2) is 8.34. The van der Waals surface area contributed by atoms with Crippen LogP contribution in [0.4, 0.5) is 5.69 Å². The summed E-state index contributed by atoms with van der Waals surface area (Å²) in [4.78, 5) is 16.0. The maximum Gasteiger partial charge on any atom is 0.275 e. The van der Waals surface area contributed by atoms with Gasteiger partial charge in [-0.05, 0) is 44.4 Å². The Bertz CT molecular complexity index is 521. The number of piperazine rings is 1. The Labute approximate surface area is 140 Å². The van der Waals surface area contributed by atoms with Crippen LogP contribution in [0.15, 0.2) is 18.2 Å². The highest BCUT2D eigenvalue weighted by molar-refractivity contribution is 5.77. The zero-order valence-electron chi connectivity index (χ0n) is 15.1. The van der Waals surface area contributed by atoms with Crippen LogP contribution >= 0.6 is 0 Å². The van der Waals surface area contributed by atoms with Gasteiger partial charge in [0.2, 0.25) is 0 Å². The average Bonchev–Trinajstić information content (AvgIpc) is 2.51. The van der Waals surface area contributed by atoms with Gasteiger partial charge in [0.1, 0.15) is 0 Å². The first-order valence-corrected chi connectivity index (χ1v) is 8.95. The van der Waals surface area contributed by atoms with Crippen molar-refractivity contribution >= 4 is 11.6 Å². The zero-order chi connectivity index (χ0) is 16.8. The summed E-state index contributed by atoms with van der Waals surface area (Å²) in [6.45, 7) is 13.3. The molecule has 0 bridgehead atoms. The summed E-state index contributed by atoms with van der Waals surface area (Å²) in [6, 6.07) is 6.82. The van der Waals surface area contributed by atoms with Crippen LogP contribution in [0.5, 0.6) is 0 Å². The molecule has 2 N–H and O–H groups in total. The molecule has 0 aliphatic carbocycles. The number of rotatable bonds is 6. The Morgan fingerprint density at radius 1 is 1.30 bits per heavy atom. The maximum atomic E-state index is 12.1. The lowest BCUT2D eigenvalue weighted by molar-refractivity contribution is -0.892. The quantitative estimate of drug-likeness (QED) is 0.830. The molecule has 23 heavy (non-hydrogen) atoms. The van der Waals surface area contributed by atoms with Crippen molar-refractivity contribution in [3.05, 3.63) is 29.3 Å².